The van der Waals surface area contributed by atoms with E-state index in [4.69, 9.17) is 4.74 Å². The van der Waals surface area contributed by atoms with Crippen molar-refractivity contribution < 1.29 is 19.1 Å². The molecule has 2 amide bonds. The van der Waals surface area contributed by atoms with Gasteiger partial charge in [0.05, 0.1) is 0 Å². The van der Waals surface area contributed by atoms with Crippen LogP contribution in [-0.4, -0.2) is 42.3 Å². The Morgan fingerprint density at radius 3 is 2.27 bits per heavy atom. The summed E-state index contributed by atoms with van der Waals surface area (Å²) >= 11 is 0. The molecule has 1 heterocycles. The molecule has 1 N–H and O–H groups in total. The van der Waals surface area contributed by atoms with Crippen LogP contribution in [0.1, 0.15) is 75.1 Å². The number of esters is 1. The highest BCUT2D eigenvalue weighted by molar-refractivity contribution is 5.94. The highest BCUT2D eigenvalue weighted by Gasteiger charge is 2.51. The van der Waals surface area contributed by atoms with Gasteiger partial charge in [0.15, 0.2) is 0 Å². The monoisotopic (exact) mass is 452 g/mol. The second-order valence-electron chi connectivity index (χ2n) is 11.2. The van der Waals surface area contributed by atoms with E-state index in [0.29, 0.717) is 35.1 Å². The lowest BCUT2D eigenvalue weighted by molar-refractivity contribution is -0.141. The number of hydrogen-bond donors (Lipinski definition) is 1. The van der Waals surface area contributed by atoms with Gasteiger partial charge < -0.3 is 15.0 Å². The standard InChI is InChI=1S/C27H36N2O4/c1-18(30)33-24-4-2-3-23(12-24)26(32)28-17-19-5-7-29(8-6-19)25(31)16-27-13-20-9-21(14-27)11-22(10-20)15-27/h2-4,12,19-22H,5-11,13-17H2,1H3,(H,28,32). The van der Waals surface area contributed by atoms with Crippen molar-refractivity contribution in [2.24, 2.45) is 29.1 Å². The highest BCUT2D eigenvalue weighted by atomic mass is 16.5. The molecule has 1 aromatic rings. The summed E-state index contributed by atoms with van der Waals surface area (Å²) in [6.07, 6.45) is 10.7. The molecular formula is C27H36N2O4. The zero-order chi connectivity index (χ0) is 23.0. The molecule has 0 spiro atoms. The third kappa shape index (κ3) is 5.10. The van der Waals surface area contributed by atoms with Crippen LogP contribution in [0.3, 0.4) is 0 Å². The van der Waals surface area contributed by atoms with Crippen LogP contribution in [0.5, 0.6) is 5.75 Å². The van der Waals surface area contributed by atoms with Crippen molar-refractivity contribution >= 4 is 17.8 Å². The summed E-state index contributed by atoms with van der Waals surface area (Å²) in [7, 11) is 0. The summed E-state index contributed by atoms with van der Waals surface area (Å²) in [6.45, 7) is 3.54. The number of nitrogens with one attached hydrogen (secondary N) is 1. The minimum absolute atomic E-state index is 0.163. The fourth-order valence-corrected chi connectivity index (χ4v) is 7.53. The largest absolute Gasteiger partial charge is 0.427 e. The zero-order valence-electron chi connectivity index (χ0n) is 19.7. The van der Waals surface area contributed by atoms with E-state index in [2.05, 4.69) is 10.2 Å². The molecule has 33 heavy (non-hydrogen) atoms. The summed E-state index contributed by atoms with van der Waals surface area (Å²) in [5, 5.41) is 3.01. The predicted octanol–water partition coefficient (Wildman–Crippen LogP) is 4.19. The van der Waals surface area contributed by atoms with E-state index < -0.39 is 5.97 Å². The maximum Gasteiger partial charge on any atom is 0.308 e. The second-order valence-corrected chi connectivity index (χ2v) is 11.2. The van der Waals surface area contributed by atoms with Gasteiger partial charge in [-0.05, 0) is 98.7 Å². The normalized spacial score (nSPS) is 30.8. The number of piperidine rings is 1. The Balaban J connectivity index is 1.07. The second kappa shape index (κ2) is 9.11. The molecule has 5 fully saturated rings. The van der Waals surface area contributed by atoms with Gasteiger partial charge in [-0.2, -0.15) is 0 Å². The third-order valence-corrected chi connectivity index (χ3v) is 8.57. The van der Waals surface area contributed by atoms with Crippen LogP contribution in [0.15, 0.2) is 24.3 Å². The average Bonchev–Trinajstić information content (AvgIpc) is 2.76. The zero-order valence-corrected chi connectivity index (χ0v) is 19.7. The Hall–Kier alpha value is -2.37. The molecule has 6 heteroatoms. The molecule has 4 aliphatic carbocycles. The van der Waals surface area contributed by atoms with Crippen LogP contribution in [0.25, 0.3) is 0 Å². The predicted molar refractivity (Wildman–Crippen MR) is 125 cm³/mol. The lowest BCUT2D eigenvalue weighted by Crippen LogP contribution is -2.49. The summed E-state index contributed by atoms with van der Waals surface area (Å²) in [6, 6.07) is 6.67. The van der Waals surface area contributed by atoms with Gasteiger partial charge in [0.25, 0.3) is 5.91 Å². The Morgan fingerprint density at radius 1 is 1.03 bits per heavy atom. The maximum atomic E-state index is 13.2. The van der Waals surface area contributed by atoms with Crippen molar-refractivity contribution in [3.63, 3.8) is 0 Å². The van der Waals surface area contributed by atoms with Gasteiger partial charge in [0.2, 0.25) is 5.91 Å². The van der Waals surface area contributed by atoms with Gasteiger partial charge in [0, 0.05) is 38.5 Å². The van der Waals surface area contributed by atoms with E-state index in [9.17, 15) is 14.4 Å². The molecule has 1 aliphatic heterocycles. The van der Waals surface area contributed by atoms with Crippen LogP contribution in [0, 0.1) is 29.1 Å². The number of hydrogen-bond acceptors (Lipinski definition) is 4. The summed E-state index contributed by atoms with van der Waals surface area (Å²) in [5.41, 5.74) is 0.786. The topological polar surface area (TPSA) is 75.7 Å². The lowest BCUT2D eigenvalue weighted by Gasteiger charge is -2.57. The van der Waals surface area contributed by atoms with Gasteiger partial charge in [-0.1, -0.05) is 6.07 Å². The molecule has 0 aromatic heterocycles. The first-order valence-corrected chi connectivity index (χ1v) is 12.7. The minimum atomic E-state index is -0.406. The van der Waals surface area contributed by atoms with Gasteiger partial charge in [-0.15, -0.1) is 0 Å². The summed E-state index contributed by atoms with van der Waals surface area (Å²) in [5.74, 6) is 3.20. The molecule has 0 atom stereocenters. The summed E-state index contributed by atoms with van der Waals surface area (Å²) < 4.78 is 5.06. The first-order chi connectivity index (χ1) is 15.9. The van der Waals surface area contributed by atoms with Crippen molar-refractivity contribution in [2.45, 2.75) is 64.7 Å². The number of ether oxygens (including phenoxy) is 1. The number of benzene rings is 1. The molecule has 5 aliphatic rings. The molecule has 6 rings (SSSR count). The minimum Gasteiger partial charge on any atom is -0.427 e. The SMILES string of the molecule is CC(=O)Oc1cccc(C(=O)NCC2CCN(C(=O)CC34CC5CC(CC(C5)C3)C4)CC2)c1. The lowest BCUT2D eigenvalue weighted by atomic mass is 9.49. The van der Waals surface area contributed by atoms with Crippen molar-refractivity contribution in [1.29, 1.82) is 0 Å². The average molecular weight is 453 g/mol. The van der Waals surface area contributed by atoms with Gasteiger partial charge in [0.1, 0.15) is 5.75 Å². The number of rotatable bonds is 6. The maximum absolute atomic E-state index is 13.2. The van der Waals surface area contributed by atoms with Crippen molar-refractivity contribution in [3.05, 3.63) is 29.8 Å². The fraction of sp³-hybridized carbons (Fsp3) is 0.667. The quantitative estimate of drug-likeness (QED) is 0.519. The number of nitrogens with zero attached hydrogens (tertiary/aromatic N) is 1. The molecule has 1 aromatic carbocycles. The molecule has 0 unspecified atom stereocenters. The van der Waals surface area contributed by atoms with Crippen molar-refractivity contribution in [1.82, 2.24) is 10.2 Å². The fourth-order valence-electron chi connectivity index (χ4n) is 7.53. The Bertz CT molecular complexity index is 883. The van der Waals surface area contributed by atoms with Gasteiger partial charge in [-0.3, -0.25) is 14.4 Å². The van der Waals surface area contributed by atoms with E-state index in [-0.39, 0.29) is 5.91 Å². The van der Waals surface area contributed by atoms with E-state index in [0.717, 1.165) is 50.1 Å². The van der Waals surface area contributed by atoms with Crippen molar-refractivity contribution in [2.75, 3.05) is 19.6 Å². The molecule has 4 bridgehead atoms. The highest BCUT2D eigenvalue weighted by Crippen LogP contribution is 2.61. The molecule has 178 valence electrons. The Labute approximate surface area is 196 Å². The summed E-state index contributed by atoms with van der Waals surface area (Å²) in [4.78, 5) is 38.9. The Morgan fingerprint density at radius 2 is 1.67 bits per heavy atom. The smallest absolute Gasteiger partial charge is 0.308 e. The number of carbonyl (C=O) groups excluding carboxylic acids is 3. The number of likely N-dealkylation sites (tertiary alicyclic amines) is 1. The van der Waals surface area contributed by atoms with Crippen LogP contribution in [-0.2, 0) is 9.59 Å². The number of amides is 2. The molecule has 6 nitrogen and oxygen atoms in total. The van der Waals surface area contributed by atoms with E-state index in [1.807, 2.05) is 0 Å². The first-order valence-electron chi connectivity index (χ1n) is 12.7. The van der Waals surface area contributed by atoms with Crippen LogP contribution < -0.4 is 10.1 Å². The van der Waals surface area contributed by atoms with Gasteiger partial charge in [-0.25, -0.2) is 0 Å². The molecule has 4 saturated carbocycles. The van der Waals surface area contributed by atoms with Crippen LogP contribution in [0.4, 0.5) is 0 Å². The van der Waals surface area contributed by atoms with Crippen LogP contribution >= 0.6 is 0 Å². The third-order valence-electron chi connectivity index (χ3n) is 8.57. The van der Waals surface area contributed by atoms with Crippen molar-refractivity contribution in [3.8, 4) is 5.75 Å². The molecular weight excluding hydrogens is 416 g/mol. The van der Waals surface area contributed by atoms with Crippen LogP contribution in [0.2, 0.25) is 0 Å². The first kappa shape index (κ1) is 22.4. The molecule has 0 radical (unpaired) electrons. The van der Waals surface area contributed by atoms with E-state index >= 15 is 0 Å². The van der Waals surface area contributed by atoms with Gasteiger partial charge >= 0.3 is 5.97 Å². The Kier molecular flexibility index (Phi) is 6.19. The van der Waals surface area contributed by atoms with E-state index in [1.165, 1.54) is 45.4 Å². The molecule has 1 saturated heterocycles. The van der Waals surface area contributed by atoms with E-state index in [1.54, 1.807) is 24.3 Å². The number of carbonyl (C=O) groups is 3.